The quantitative estimate of drug-likeness (QED) is 0.669. The van der Waals surface area contributed by atoms with Crippen molar-refractivity contribution in [1.82, 2.24) is 15.1 Å². The number of hydrogen-bond donors (Lipinski definition) is 3. The number of aliphatic hydroxyl groups is 1. The highest BCUT2D eigenvalue weighted by atomic mass is 16.3. The number of nitrogens with two attached hydrogens (primary N) is 1. The van der Waals surface area contributed by atoms with E-state index in [1.165, 1.54) is 6.07 Å². The maximum Gasteiger partial charge on any atom is 0.272 e. The van der Waals surface area contributed by atoms with Crippen LogP contribution in [0.3, 0.4) is 0 Å². The lowest BCUT2D eigenvalue weighted by Crippen LogP contribution is -2.45. The first-order chi connectivity index (χ1) is 7.72. The molecule has 0 aromatic carbocycles. The van der Waals surface area contributed by atoms with Crippen molar-refractivity contribution < 1.29 is 9.90 Å². The number of aromatic nitrogens is 2. The van der Waals surface area contributed by atoms with Gasteiger partial charge in [-0.3, -0.25) is 9.89 Å². The summed E-state index contributed by atoms with van der Waals surface area (Å²) < 4.78 is 0. The monoisotopic (exact) mass is 224 g/mol. The molecule has 1 fully saturated rings. The van der Waals surface area contributed by atoms with E-state index < -0.39 is 0 Å². The van der Waals surface area contributed by atoms with Crippen molar-refractivity contribution in [1.29, 1.82) is 0 Å². The Morgan fingerprint density at radius 3 is 2.88 bits per heavy atom. The maximum absolute atomic E-state index is 12.1. The highest BCUT2D eigenvalue weighted by Gasteiger charge is 2.29. The number of amides is 1. The zero-order valence-electron chi connectivity index (χ0n) is 9.02. The smallest absolute Gasteiger partial charge is 0.272 e. The third-order valence-electron chi connectivity index (χ3n) is 2.95. The molecule has 1 aliphatic carbocycles. The molecule has 1 aliphatic rings. The molecule has 1 heterocycles. The molecule has 1 aromatic heterocycles. The number of aliphatic hydroxyl groups excluding tert-OH is 1. The Labute approximate surface area is 93.4 Å². The molecule has 0 radical (unpaired) electrons. The van der Waals surface area contributed by atoms with Crippen molar-refractivity contribution >= 4 is 11.7 Å². The fraction of sp³-hybridized carbons (Fsp3) is 0.600. The van der Waals surface area contributed by atoms with E-state index in [4.69, 9.17) is 10.8 Å². The van der Waals surface area contributed by atoms with Crippen molar-refractivity contribution in [3.05, 3.63) is 11.8 Å². The highest BCUT2D eigenvalue weighted by Crippen LogP contribution is 2.25. The van der Waals surface area contributed by atoms with E-state index in [2.05, 4.69) is 10.2 Å². The SMILES string of the molecule is Nc1cc(C(=O)N(CCO)C2CCC2)[nH]n1. The van der Waals surface area contributed by atoms with Crippen LogP contribution in [0.2, 0.25) is 0 Å². The molecular weight excluding hydrogens is 208 g/mol. The molecule has 1 amide bonds. The minimum Gasteiger partial charge on any atom is -0.395 e. The van der Waals surface area contributed by atoms with Crippen LogP contribution < -0.4 is 5.73 Å². The van der Waals surface area contributed by atoms with Gasteiger partial charge in [0.25, 0.3) is 5.91 Å². The van der Waals surface area contributed by atoms with Gasteiger partial charge in [-0.05, 0) is 19.3 Å². The van der Waals surface area contributed by atoms with Crippen LogP contribution >= 0.6 is 0 Å². The molecule has 2 rings (SSSR count). The fourth-order valence-electron chi connectivity index (χ4n) is 1.86. The van der Waals surface area contributed by atoms with Crippen LogP contribution in [0, 0.1) is 0 Å². The molecule has 0 unspecified atom stereocenters. The molecule has 4 N–H and O–H groups in total. The van der Waals surface area contributed by atoms with Crippen LogP contribution in [0.25, 0.3) is 0 Å². The van der Waals surface area contributed by atoms with Gasteiger partial charge in [0.15, 0.2) is 0 Å². The van der Waals surface area contributed by atoms with Crippen molar-refractivity contribution in [3.8, 4) is 0 Å². The maximum atomic E-state index is 12.1. The first kappa shape index (κ1) is 10.9. The van der Waals surface area contributed by atoms with E-state index in [1.807, 2.05) is 0 Å². The molecular formula is C10H16N4O2. The summed E-state index contributed by atoms with van der Waals surface area (Å²) in [6.45, 7) is 0.342. The van der Waals surface area contributed by atoms with Crippen LogP contribution in [0.15, 0.2) is 6.07 Å². The summed E-state index contributed by atoms with van der Waals surface area (Å²) in [5.74, 6) is 0.170. The predicted octanol–water partition coefficient (Wildman–Crippen LogP) is -0.0211. The van der Waals surface area contributed by atoms with E-state index in [9.17, 15) is 4.79 Å². The summed E-state index contributed by atoms with van der Waals surface area (Å²) in [6.07, 6.45) is 3.16. The number of nitrogen functional groups attached to an aromatic ring is 1. The zero-order valence-corrected chi connectivity index (χ0v) is 9.02. The average Bonchev–Trinajstić information content (AvgIpc) is 2.60. The summed E-state index contributed by atoms with van der Waals surface area (Å²) in [6, 6.07) is 1.77. The molecule has 6 heteroatoms. The van der Waals surface area contributed by atoms with E-state index in [1.54, 1.807) is 4.90 Å². The van der Waals surface area contributed by atoms with Crippen molar-refractivity contribution in [2.24, 2.45) is 0 Å². The number of nitrogens with one attached hydrogen (secondary N) is 1. The molecule has 0 bridgehead atoms. The molecule has 1 saturated carbocycles. The second kappa shape index (κ2) is 4.52. The van der Waals surface area contributed by atoms with Crippen molar-refractivity contribution in [2.75, 3.05) is 18.9 Å². The van der Waals surface area contributed by atoms with E-state index >= 15 is 0 Å². The van der Waals surface area contributed by atoms with Gasteiger partial charge in [-0.15, -0.1) is 0 Å². The van der Waals surface area contributed by atoms with Gasteiger partial charge < -0.3 is 15.7 Å². The first-order valence-corrected chi connectivity index (χ1v) is 5.45. The number of anilines is 1. The topological polar surface area (TPSA) is 95.2 Å². The van der Waals surface area contributed by atoms with Gasteiger partial charge in [0.1, 0.15) is 11.5 Å². The van der Waals surface area contributed by atoms with Crippen LogP contribution in [-0.2, 0) is 0 Å². The normalized spacial score (nSPS) is 15.8. The Morgan fingerprint density at radius 1 is 1.69 bits per heavy atom. The second-order valence-electron chi connectivity index (χ2n) is 4.01. The van der Waals surface area contributed by atoms with Gasteiger partial charge in [-0.2, -0.15) is 5.10 Å². The van der Waals surface area contributed by atoms with Gasteiger partial charge in [-0.25, -0.2) is 0 Å². The third-order valence-corrected chi connectivity index (χ3v) is 2.95. The van der Waals surface area contributed by atoms with Crippen LogP contribution in [0.1, 0.15) is 29.8 Å². The average molecular weight is 224 g/mol. The number of aromatic amines is 1. The summed E-state index contributed by atoms with van der Waals surface area (Å²) >= 11 is 0. The number of carbonyl (C=O) groups excluding carboxylic acids is 1. The lowest BCUT2D eigenvalue weighted by atomic mass is 9.91. The van der Waals surface area contributed by atoms with Gasteiger partial charge in [0.05, 0.1) is 6.61 Å². The highest BCUT2D eigenvalue weighted by molar-refractivity contribution is 5.93. The van der Waals surface area contributed by atoms with Crippen molar-refractivity contribution in [3.63, 3.8) is 0 Å². The Hall–Kier alpha value is -1.56. The summed E-state index contributed by atoms with van der Waals surface area (Å²) in [4.78, 5) is 13.8. The Morgan fingerprint density at radius 2 is 2.44 bits per heavy atom. The fourth-order valence-corrected chi connectivity index (χ4v) is 1.86. The van der Waals surface area contributed by atoms with Crippen LogP contribution in [0.5, 0.6) is 0 Å². The van der Waals surface area contributed by atoms with Gasteiger partial charge in [0, 0.05) is 18.7 Å². The zero-order chi connectivity index (χ0) is 11.5. The lowest BCUT2D eigenvalue weighted by Gasteiger charge is -2.36. The number of H-pyrrole nitrogens is 1. The Bertz CT molecular complexity index is 373. The predicted molar refractivity (Wildman–Crippen MR) is 58.8 cm³/mol. The standard InChI is InChI=1S/C10H16N4O2/c11-9-6-8(12-13-9)10(16)14(4-5-15)7-2-1-3-7/h6-7,15H,1-5H2,(H3,11,12,13). The lowest BCUT2D eigenvalue weighted by molar-refractivity contribution is 0.0520. The molecule has 0 spiro atoms. The van der Waals surface area contributed by atoms with Gasteiger partial charge in [0.2, 0.25) is 0 Å². The Kier molecular flexibility index (Phi) is 3.09. The van der Waals surface area contributed by atoms with Gasteiger partial charge in [-0.1, -0.05) is 0 Å². The molecule has 16 heavy (non-hydrogen) atoms. The molecule has 6 nitrogen and oxygen atoms in total. The van der Waals surface area contributed by atoms with E-state index in [0.29, 0.717) is 18.1 Å². The minimum atomic E-state index is -0.136. The molecule has 0 aliphatic heterocycles. The molecule has 0 atom stereocenters. The van der Waals surface area contributed by atoms with Gasteiger partial charge >= 0.3 is 0 Å². The van der Waals surface area contributed by atoms with E-state index in [0.717, 1.165) is 19.3 Å². The number of hydrogen-bond acceptors (Lipinski definition) is 4. The summed E-state index contributed by atoms with van der Waals surface area (Å²) in [5.41, 5.74) is 5.84. The Balaban J connectivity index is 2.09. The first-order valence-electron chi connectivity index (χ1n) is 5.45. The number of carbonyl (C=O) groups is 1. The minimum absolute atomic E-state index is 0.0220. The largest absolute Gasteiger partial charge is 0.395 e. The molecule has 0 saturated heterocycles. The number of rotatable bonds is 4. The van der Waals surface area contributed by atoms with E-state index in [-0.39, 0.29) is 18.6 Å². The van der Waals surface area contributed by atoms with Crippen LogP contribution in [0.4, 0.5) is 5.82 Å². The third kappa shape index (κ3) is 2.01. The summed E-state index contributed by atoms with van der Waals surface area (Å²) in [7, 11) is 0. The molecule has 88 valence electrons. The number of nitrogens with zero attached hydrogens (tertiary/aromatic N) is 2. The molecule has 1 aromatic rings. The second-order valence-corrected chi connectivity index (χ2v) is 4.01. The van der Waals surface area contributed by atoms with Crippen LogP contribution in [-0.4, -0.2) is 45.3 Å². The summed E-state index contributed by atoms with van der Waals surface area (Å²) in [5, 5.41) is 15.3. The van der Waals surface area contributed by atoms with Crippen molar-refractivity contribution in [2.45, 2.75) is 25.3 Å².